The van der Waals surface area contributed by atoms with Crippen LogP contribution in [0.1, 0.15) is 37.2 Å². The molecular formula is C13H14N2O. The summed E-state index contributed by atoms with van der Waals surface area (Å²) in [6.07, 6.45) is 5.20. The van der Waals surface area contributed by atoms with E-state index in [2.05, 4.69) is 28.2 Å². The van der Waals surface area contributed by atoms with E-state index >= 15 is 0 Å². The highest BCUT2D eigenvalue weighted by Gasteiger charge is 2.20. The molecule has 0 atom stereocenters. The zero-order valence-electron chi connectivity index (χ0n) is 9.07. The summed E-state index contributed by atoms with van der Waals surface area (Å²) in [5.74, 6) is 0.962. The van der Waals surface area contributed by atoms with Gasteiger partial charge in [-0.05, 0) is 36.5 Å². The molecule has 0 spiro atoms. The van der Waals surface area contributed by atoms with Crippen LogP contribution in [-0.2, 0) is 4.79 Å². The number of hydrogen-bond donors (Lipinski definition) is 1. The Kier molecular flexibility index (Phi) is 2.24. The number of fused-ring (bicyclic) bond motifs is 1. The Hall–Kier alpha value is -1.64. The number of aromatic nitrogens is 2. The molecule has 1 aliphatic rings. The van der Waals surface area contributed by atoms with Crippen LogP contribution in [0.4, 0.5) is 0 Å². The van der Waals surface area contributed by atoms with Gasteiger partial charge in [0.1, 0.15) is 5.78 Å². The lowest BCUT2D eigenvalue weighted by Gasteiger charge is -2.21. The van der Waals surface area contributed by atoms with Crippen molar-refractivity contribution < 1.29 is 4.79 Å². The van der Waals surface area contributed by atoms with Gasteiger partial charge in [0.2, 0.25) is 0 Å². The number of imidazole rings is 1. The van der Waals surface area contributed by atoms with E-state index < -0.39 is 0 Å². The molecule has 0 amide bonds. The van der Waals surface area contributed by atoms with Crippen LogP contribution in [0.3, 0.4) is 0 Å². The van der Waals surface area contributed by atoms with Crippen LogP contribution >= 0.6 is 0 Å². The molecule has 82 valence electrons. The van der Waals surface area contributed by atoms with Gasteiger partial charge in [0.05, 0.1) is 17.4 Å². The highest BCUT2D eigenvalue weighted by atomic mass is 16.1. The molecule has 1 heterocycles. The standard InChI is InChI=1S/C13H14N2O/c16-11-4-1-9(2-5-11)10-3-6-12-13(7-10)15-8-14-12/h3,6-9H,1-2,4-5H2,(H,14,15). The first-order valence-electron chi connectivity index (χ1n) is 5.77. The fourth-order valence-corrected chi connectivity index (χ4v) is 2.48. The van der Waals surface area contributed by atoms with Crippen molar-refractivity contribution in [3.8, 4) is 0 Å². The highest BCUT2D eigenvalue weighted by Crippen LogP contribution is 2.32. The molecular weight excluding hydrogens is 200 g/mol. The number of Topliss-reactive ketones (excluding diaryl/α,β-unsaturated/α-hetero) is 1. The third-order valence-electron chi connectivity index (χ3n) is 3.46. The first-order valence-corrected chi connectivity index (χ1v) is 5.77. The monoisotopic (exact) mass is 214 g/mol. The molecule has 0 aliphatic heterocycles. The summed E-state index contributed by atoms with van der Waals surface area (Å²) < 4.78 is 0. The zero-order chi connectivity index (χ0) is 11.0. The van der Waals surface area contributed by atoms with Crippen molar-refractivity contribution in [3.05, 3.63) is 30.1 Å². The Bertz CT molecular complexity index is 519. The van der Waals surface area contributed by atoms with Crippen LogP contribution in [-0.4, -0.2) is 15.8 Å². The number of nitrogens with one attached hydrogen (secondary N) is 1. The molecule has 0 bridgehead atoms. The normalized spacial score (nSPS) is 18.1. The SMILES string of the molecule is O=C1CCC(c2ccc3nc[nH]c3c2)CC1. The first kappa shape index (κ1) is 9.58. The molecule has 1 aromatic carbocycles. The quantitative estimate of drug-likeness (QED) is 0.793. The number of carbonyl (C=O) groups is 1. The van der Waals surface area contributed by atoms with E-state index in [0.717, 1.165) is 36.7 Å². The van der Waals surface area contributed by atoms with E-state index in [-0.39, 0.29) is 0 Å². The Morgan fingerprint density at radius 3 is 2.88 bits per heavy atom. The van der Waals surface area contributed by atoms with Crippen LogP contribution in [0.15, 0.2) is 24.5 Å². The van der Waals surface area contributed by atoms with Crippen LogP contribution < -0.4 is 0 Å². The summed E-state index contributed by atoms with van der Waals surface area (Å²) >= 11 is 0. The number of aromatic amines is 1. The number of H-pyrrole nitrogens is 1. The average Bonchev–Trinajstić information content (AvgIpc) is 2.77. The molecule has 2 aromatic rings. The van der Waals surface area contributed by atoms with Crippen LogP contribution in [0.5, 0.6) is 0 Å². The third-order valence-corrected chi connectivity index (χ3v) is 3.46. The largest absolute Gasteiger partial charge is 0.345 e. The van der Waals surface area contributed by atoms with Crippen molar-refractivity contribution in [2.45, 2.75) is 31.6 Å². The lowest BCUT2D eigenvalue weighted by atomic mass is 9.83. The highest BCUT2D eigenvalue weighted by molar-refractivity contribution is 5.79. The van der Waals surface area contributed by atoms with Crippen molar-refractivity contribution in [2.24, 2.45) is 0 Å². The van der Waals surface area contributed by atoms with E-state index in [1.54, 1.807) is 6.33 Å². The molecule has 3 rings (SSSR count). The molecule has 1 saturated carbocycles. The van der Waals surface area contributed by atoms with Crippen molar-refractivity contribution in [1.29, 1.82) is 0 Å². The van der Waals surface area contributed by atoms with Crippen molar-refractivity contribution >= 4 is 16.8 Å². The molecule has 3 heteroatoms. The van der Waals surface area contributed by atoms with Crippen LogP contribution in [0.2, 0.25) is 0 Å². The second-order valence-corrected chi connectivity index (χ2v) is 4.49. The molecule has 1 aromatic heterocycles. The smallest absolute Gasteiger partial charge is 0.132 e. The van der Waals surface area contributed by atoms with Gasteiger partial charge in [0.25, 0.3) is 0 Å². The van der Waals surface area contributed by atoms with E-state index in [0.29, 0.717) is 11.7 Å². The van der Waals surface area contributed by atoms with Gasteiger partial charge >= 0.3 is 0 Å². The topological polar surface area (TPSA) is 45.8 Å². The van der Waals surface area contributed by atoms with Crippen molar-refractivity contribution in [1.82, 2.24) is 9.97 Å². The fraction of sp³-hybridized carbons (Fsp3) is 0.385. The molecule has 0 unspecified atom stereocenters. The minimum Gasteiger partial charge on any atom is -0.345 e. The predicted molar refractivity (Wildman–Crippen MR) is 62.3 cm³/mol. The molecule has 1 N–H and O–H groups in total. The molecule has 1 fully saturated rings. The Morgan fingerprint density at radius 1 is 1.25 bits per heavy atom. The van der Waals surface area contributed by atoms with Gasteiger partial charge in [-0.25, -0.2) is 4.98 Å². The maximum Gasteiger partial charge on any atom is 0.132 e. The average molecular weight is 214 g/mol. The number of benzene rings is 1. The van der Waals surface area contributed by atoms with E-state index in [1.807, 2.05) is 0 Å². The van der Waals surface area contributed by atoms with Gasteiger partial charge in [-0.2, -0.15) is 0 Å². The zero-order valence-corrected chi connectivity index (χ0v) is 9.07. The Labute approximate surface area is 93.9 Å². The molecule has 3 nitrogen and oxygen atoms in total. The van der Waals surface area contributed by atoms with Crippen molar-refractivity contribution in [2.75, 3.05) is 0 Å². The third kappa shape index (κ3) is 1.62. The molecule has 1 aliphatic carbocycles. The number of ketones is 1. The minimum atomic E-state index is 0.416. The number of carbonyl (C=O) groups excluding carboxylic acids is 1. The summed E-state index contributed by atoms with van der Waals surface area (Å²) in [5.41, 5.74) is 3.44. The second kappa shape index (κ2) is 3.74. The Balaban J connectivity index is 1.90. The summed E-state index contributed by atoms with van der Waals surface area (Å²) in [6, 6.07) is 6.37. The van der Waals surface area contributed by atoms with E-state index in [4.69, 9.17) is 0 Å². The van der Waals surface area contributed by atoms with Crippen molar-refractivity contribution in [3.63, 3.8) is 0 Å². The predicted octanol–water partition coefficient (Wildman–Crippen LogP) is 2.79. The lowest BCUT2D eigenvalue weighted by molar-refractivity contribution is -0.120. The molecule has 0 saturated heterocycles. The van der Waals surface area contributed by atoms with Gasteiger partial charge < -0.3 is 4.98 Å². The number of rotatable bonds is 1. The second-order valence-electron chi connectivity index (χ2n) is 4.49. The minimum absolute atomic E-state index is 0.416. The van der Waals surface area contributed by atoms with Gasteiger partial charge in [-0.1, -0.05) is 6.07 Å². The van der Waals surface area contributed by atoms with E-state index in [9.17, 15) is 4.79 Å². The number of hydrogen-bond acceptors (Lipinski definition) is 2. The fourth-order valence-electron chi connectivity index (χ4n) is 2.48. The summed E-state index contributed by atoms with van der Waals surface area (Å²) in [6.45, 7) is 0. The van der Waals surface area contributed by atoms with Crippen LogP contribution in [0, 0.1) is 0 Å². The summed E-state index contributed by atoms with van der Waals surface area (Å²) in [5, 5.41) is 0. The maximum absolute atomic E-state index is 11.2. The van der Waals surface area contributed by atoms with Gasteiger partial charge in [-0.15, -0.1) is 0 Å². The summed E-state index contributed by atoms with van der Waals surface area (Å²) in [4.78, 5) is 18.5. The Morgan fingerprint density at radius 2 is 2.06 bits per heavy atom. The molecule has 0 radical (unpaired) electrons. The van der Waals surface area contributed by atoms with E-state index in [1.165, 1.54) is 5.56 Å². The lowest BCUT2D eigenvalue weighted by Crippen LogP contribution is -2.12. The maximum atomic E-state index is 11.2. The van der Waals surface area contributed by atoms with Gasteiger partial charge in [0, 0.05) is 12.8 Å². The summed E-state index contributed by atoms with van der Waals surface area (Å²) in [7, 11) is 0. The van der Waals surface area contributed by atoms with Gasteiger partial charge in [-0.3, -0.25) is 4.79 Å². The van der Waals surface area contributed by atoms with Gasteiger partial charge in [0.15, 0.2) is 0 Å². The first-order chi connectivity index (χ1) is 7.83. The van der Waals surface area contributed by atoms with Crippen LogP contribution in [0.25, 0.3) is 11.0 Å². The number of nitrogens with zero attached hydrogens (tertiary/aromatic N) is 1. The molecule has 16 heavy (non-hydrogen) atoms.